The molecule has 0 radical (unpaired) electrons. The summed E-state index contributed by atoms with van der Waals surface area (Å²) in [7, 11) is 1.37. The van der Waals surface area contributed by atoms with Gasteiger partial charge in [-0.25, -0.2) is 4.79 Å². The number of hydrogen-bond donors (Lipinski definition) is 3. The summed E-state index contributed by atoms with van der Waals surface area (Å²) in [5, 5.41) is 10.9. The van der Waals surface area contributed by atoms with Gasteiger partial charge >= 0.3 is 5.97 Å². The SMILES string of the molecule is COC(=O)c1ccc2cccc(-c3ccc(C(N)NO)cc3)c2c1. The summed E-state index contributed by atoms with van der Waals surface area (Å²) >= 11 is 0. The fourth-order valence-corrected chi connectivity index (χ4v) is 2.71. The molecule has 0 aliphatic heterocycles. The van der Waals surface area contributed by atoms with Crippen molar-refractivity contribution in [3.8, 4) is 11.1 Å². The largest absolute Gasteiger partial charge is 0.465 e. The van der Waals surface area contributed by atoms with Crippen LogP contribution >= 0.6 is 0 Å². The molecule has 1 unspecified atom stereocenters. The smallest absolute Gasteiger partial charge is 0.337 e. The van der Waals surface area contributed by atoms with Crippen molar-refractivity contribution in [3.63, 3.8) is 0 Å². The first-order valence-electron chi connectivity index (χ1n) is 7.50. The number of nitrogens with one attached hydrogen (secondary N) is 1. The molecule has 1 atom stereocenters. The molecule has 122 valence electrons. The predicted molar refractivity (Wildman–Crippen MR) is 92.6 cm³/mol. The normalized spacial score (nSPS) is 12.1. The first-order valence-corrected chi connectivity index (χ1v) is 7.50. The summed E-state index contributed by atoms with van der Waals surface area (Å²) < 4.78 is 4.80. The lowest BCUT2D eigenvalue weighted by molar-refractivity contribution is 0.0601. The molecule has 0 aromatic heterocycles. The van der Waals surface area contributed by atoms with Gasteiger partial charge in [-0.05, 0) is 39.6 Å². The molecule has 3 aromatic rings. The number of hydrogen-bond acceptors (Lipinski definition) is 5. The van der Waals surface area contributed by atoms with E-state index in [9.17, 15) is 4.79 Å². The number of hydroxylamine groups is 1. The van der Waals surface area contributed by atoms with Gasteiger partial charge in [-0.1, -0.05) is 48.5 Å². The van der Waals surface area contributed by atoms with Gasteiger partial charge in [-0.3, -0.25) is 0 Å². The van der Waals surface area contributed by atoms with Gasteiger partial charge in [0.1, 0.15) is 6.17 Å². The lowest BCUT2D eigenvalue weighted by atomic mass is 9.96. The fraction of sp³-hybridized carbons (Fsp3) is 0.105. The van der Waals surface area contributed by atoms with E-state index in [2.05, 4.69) is 0 Å². The van der Waals surface area contributed by atoms with Gasteiger partial charge in [-0.2, -0.15) is 5.48 Å². The second kappa shape index (κ2) is 6.80. The molecule has 0 fully saturated rings. The van der Waals surface area contributed by atoms with Crippen LogP contribution in [0.5, 0.6) is 0 Å². The minimum absolute atomic E-state index is 0.359. The summed E-state index contributed by atoms with van der Waals surface area (Å²) in [4.78, 5) is 11.8. The Hall–Kier alpha value is -2.73. The lowest BCUT2D eigenvalue weighted by Crippen LogP contribution is -2.25. The molecule has 5 nitrogen and oxygen atoms in total. The van der Waals surface area contributed by atoms with Crippen LogP contribution in [-0.4, -0.2) is 18.3 Å². The van der Waals surface area contributed by atoms with E-state index in [0.717, 1.165) is 27.5 Å². The summed E-state index contributed by atoms with van der Waals surface area (Å²) in [5.74, 6) is -0.359. The van der Waals surface area contributed by atoms with Gasteiger partial charge in [0.05, 0.1) is 12.7 Å². The summed E-state index contributed by atoms with van der Waals surface area (Å²) in [6, 6.07) is 19.1. The van der Waals surface area contributed by atoms with E-state index in [1.165, 1.54) is 7.11 Å². The molecule has 0 saturated heterocycles. The van der Waals surface area contributed by atoms with Crippen molar-refractivity contribution in [3.05, 3.63) is 71.8 Å². The van der Waals surface area contributed by atoms with Crippen LogP contribution in [0.2, 0.25) is 0 Å². The molecular weight excluding hydrogens is 304 g/mol. The van der Waals surface area contributed by atoms with Gasteiger partial charge in [0.15, 0.2) is 0 Å². The van der Waals surface area contributed by atoms with Crippen LogP contribution in [0.15, 0.2) is 60.7 Å². The first-order chi connectivity index (χ1) is 11.6. The molecule has 0 aliphatic rings. The van der Waals surface area contributed by atoms with E-state index in [1.807, 2.05) is 60.1 Å². The first kappa shape index (κ1) is 16.1. The van der Waals surface area contributed by atoms with E-state index in [4.69, 9.17) is 15.7 Å². The van der Waals surface area contributed by atoms with Crippen molar-refractivity contribution in [2.24, 2.45) is 5.73 Å². The maximum atomic E-state index is 11.8. The average molecular weight is 322 g/mol. The Kier molecular flexibility index (Phi) is 4.57. The van der Waals surface area contributed by atoms with Crippen molar-refractivity contribution in [2.45, 2.75) is 6.17 Å². The highest BCUT2D eigenvalue weighted by atomic mass is 16.5. The van der Waals surface area contributed by atoms with Gasteiger partial charge < -0.3 is 15.7 Å². The second-order valence-electron chi connectivity index (χ2n) is 5.46. The number of carbonyl (C=O) groups excluding carboxylic acids is 1. The molecule has 3 aromatic carbocycles. The number of ether oxygens (including phenoxy) is 1. The van der Waals surface area contributed by atoms with Crippen LogP contribution < -0.4 is 11.2 Å². The van der Waals surface area contributed by atoms with E-state index < -0.39 is 6.17 Å². The summed E-state index contributed by atoms with van der Waals surface area (Å²) in [6.07, 6.45) is -0.627. The second-order valence-corrected chi connectivity index (χ2v) is 5.46. The van der Waals surface area contributed by atoms with Crippen molar-refractivity contribution >= 4 is 16.7 Å². The zero-order valence-corrected chi connectivity index (χ0v) is 13.2. The van der Waals surface area contributed by atoms with Crippen LogP contribution in [0.1, 0.15) is 22.1 Å². The molecule has 5 heteroatoms. The molecule has 24 heavy (non-hydrogen) atoms. The van der Waals surface area contributed by atoms with Crippen molar-refractivity contribution < 1.29 is 14.7 Å². The van der Waals surface area contributed by atoms with Gasteiger partial charge in [0, 0.05) is 0 Å². The molecule has 0 bridgehead atoms. The third-order valence-corrected chi connectivity index (χ3v) is 4.02. The molecule has 0 amide bonds. The lowest BCUT2D eigenvalue weighted by Gasteiger charge is -2.12. The third-order valence-electron chi connectivity index (χ3n) is 4.02. The maximum absolute atomic E-state index is 11.8. The number of benzene rings is 3. The molecule has 3 rings (SSSR count). The van der Waals surface area contributed by atoms with E-state index >= 15 is 0 Å². The minimum atomic E-state index is -0.627. The number of nitrogens with two attached hydrogens (primary N) is 1. The zero-order chi connectivity index (χ0) is 17.1. The third kappa shape index (κ3) is 3.00. The van der Waals surface area contributed by atoms with E-state index in [1.54, 1.807) is 6.07 Å². The average Bonchev–Trinajstić information content (AvgIpc) is 2.66. The number of fused-ring (bicyclic) bond motifs is 1. The fourth-order valence-electron chi connectivity index (χ4n) is 2.71. The van der Waals surface area contributed by atoms with Crippen LogP contribution in [0, 0.1) is 0 Å². The van der Waals surface area contributed by atoms with Crippen LogP contribution in [0.4, 0.5) is 0 Å². The molecule has 0 heterocycles. The summed E-state index contributed by atoms with van der Waals surface area (Å²) in [5.41, 5.74) is 11.0. The molecule has 0 saturated carbocycles. The minimum Gasteiger partial charge on any atom is -0.465 e. The standard InChI is InChI=1S/C19H18N2O3/c1-24-19(22)15-10-7-12-3-2-4-16(17(12)11-15)13-5-8-14(9-6-13)18(20)21-23/h2-11,18,21,23H,20H2,1H3. The van der Waals surface area contributed by atoms with Crippen LogP contribution in [0.25, 0.3) is 21.9 Å². The topological polar surface area (TPSA) is 84.6 Å². The highest BCUT2D eigenvalue weighted by Gasteiger charge is 2.10. The van der Waals surface area contributed by atoms with Gasteiger partial charge in [0.25, 0.3) is 0 Å². The number of rotatable bonds is 4. The molecule has 0 aliphatic carbocycles. The van der Waals surface area contributed by atoms with Gasteiger partial charge in [0.2, 0.25) is 0 Å². The number of methoxy groups -OCH3 is 1. The Bertz CT molecular complexity index is 875. The Morgan fingerprint density at radius 2 is 1.88 bits per heavy atom. The Labute approximate surface area is 139 Å². The maximum Gasteiger partial charge on any atom is 0.337 e. The number of esters is 1. The van der Waals surface area contributed by atoms with Crippen molar-refractivity contribution in [1.82, 2.24) is 5.48 Å². The molecule has 4 N–H and O–H groups in total. The van der Waals surface area contributed by atoms with Crippen molar-refractivity contribution in [2.75, 3.05) is 7.11 Å². The predicted octanol–water partition coefficient (Wildman–Crippen LogP) is 3.23. The molecule has 0 spiro atoms. The molecular formula is C19H18N2O3. The van der Waals surface area contributed by atoms with Crippen LogP contribution in [-0.2, 0) is 4.74 Å². The Morgan fingerprint density at radius 3 is 2.54 bits per heavy atom. The Morgan fingerprint density at radius 1 is 1.12 bits per heavy atom. The van der Waals surface area contributed by atoms with E-state index in [-0.39, 0.29) is 5.97 Å². The summed E-state index contributed by atoms with van der Waals surface area (Å²) in [6.45, 7) is 0. The monoisotopic (exact) mass is 322 g/mol. The van der Waals surface area contributed by atoms with Crippen LogP contribution in [0.3, 0.4) is 0 Å². The highest BCUT2D eigenvalue weighted by Crippen LogP contribution is 2.30. The highest BCUT2D eigenvalue weighted by molar-refractivity contribution is 6.01. The zero-order valence-electron chi connectivity index (χ0n) is 13.2. The van der Waals surface area contributed by atoms with Gasteiger partial charge in [-0.15, -0.1) is 0 Å². The van der Waals surface area contributed by atoms with E-state index in [0.29, 0.717) is 5.56 Å². The quantitative estimate of drug-likeness (QED) is 0.390. The number of carbonyl (C=O) groups is 1. The van der Waals surface area contributed by atoms with Crippen molar-refractivity contribution in [1.29, 1.82) is 0 Å². The Balaban J connectivity index is 2.09.